The molecule has 2 heterocycles. The number of nitrogens with zero attached hydrogens (tertiary/aromatic N) is 1. The third-order valence-electron chi connectivity index (χ3n) is 3.64. The maximum Gasteiger partial charge on any atom is 0.264 e. The minimum atomic E-state index is -0.423. The number of rotatable bonds is 3. The van der Waals surface area contributed by atoms with Crippen LogP contribution in [0.15, 0.2) is 41.8 Å². The minimum absolute atomic E-state index is 0.0706. The van der Waals surface area contributed by atoms with Crippen LogP contribution < -0.4 is 5.32 Å². The fraction of sp³-hybridized carbons (Fsp3) is 0.250. The van der Waals surface area contributed by atoms with E-state index in [1.807, 2.05) is 11.4 Å². The van der Waals surface area contributed by atoms with Crippen LogP contribution in [0.1, 0.15) is 22.5 Å². The number of halogens is 1. The Balaban J connectivity index is 1.72. The number of carbonyl (C=O) groups excluding carboxylic acids is 2. The van der Waals surface area contributed by atoms with Crippen LogP contribution in [0.4, 0.5) is 5.69 Å². The van der Waals surface area contributed by atoms with Gasteiger partial charge in [0.1, 0.15) is 6.04 Å². The molecule has 4 nitrogen and oxygen atoms in total. The number of carbonyl (C=O) groups is 2. The Hall–Kier alpha value is -1.85. The minimum Gasteiger partial charge on any atom is -0.326 e. The summed E-state index contributed by atoms with van der Waals surface area (Å²) in [6.07, 6.45) is 1.52. The van der Waals surface area contributed by atoms with Gasteiger partial charge in [0.15, 0.2) is 0 Å². The lowest BCUT2D eigenvalue weighted by Gasteiger charge is -2.23. The molecule has 6 heteroatoms. The third-order valence-corrected chi connectivity index (χ3v) is 4.73. The molecule has 1 saturated heterocycles. The Morgan fingerprint density at radius 2 is 2.14 bits per heavy atom. The predicted octanol–water partition coefficient (Wildman–Crippen LogP) is 3.64. The molecule has 2 amide bonds. The van der Waals surface area contributed by atoms with Crippen molar-refractivity contribution in [1.29, 1.82) is 0 Å². The maximum absolute atomic E-state index is 12.5. The molecule has 0 aliphatic carbocycles. The molecule has 114 valence electrons. The Bertz CT molecular complexity index is 687. The maximum atomic E-state index is 12.5. The van der Waals surface area contributed by atoms with Crippen molar-refractivity contribution in [1.82, 2.24) is 4.90 Å². The van der Waals surface area contributed by atoms with Crippen molar-refractivity contribution in [3.63, 3.8) is 0 Å². The summed E-state index contributed by atoms with van der Waals surface area (Å²) in [4.78, 5) is 27.3. The second-order valence-corrected chi connectivity index (χ2v) is 6.52. The number of benzene rings is 1. The number of nitrogens with one attached hydrogen (secondary N) is 1. The van der Waals surface area contributed by atoms with Crippen LogP contribution in [0, 0.1) is 0 Å². The lowest BCUT2D eigenvalue weighted by atomic mass is 10.2. The molecule has 1 N–H and O–H groups in total. The molecule has 3 rings (SSSR count). The van der Waals surface area contributed by atoms with E-state index in [-0.39, 0.29) is 11.8 Å². The Morgan fingerprint density at radius 3 is 2.86 bits per heavy atom. The van der Waals surface area contributed by atoms with Crippen molar-refractivity contribution in [2.45, 2.75) is 18.9 Å². The van der Waals surface area contributed by atoms with E-state index in [9.17, 15) is 9.59 Å². The van der Waals surface area contributed by atoms with E-state index < -0.39 is 6.04 Å². The van der Waals surface area contributed by atoms with Crippen molar-refractivity contribution in [3.8, 4) is 0 Å². The highest BCUT2D eigenvalue weighted by molar-refractivity contribution is 7.12. The number of hydrogen-bond acceptors (Lipinski definition) is 3. The first-order valence-electron chi connectivity index (χ1n) is 7.06. The van der Waals surface area contributed by atoms with Gasteiger partial charge in [-0.2, -0.15) is 0 Å². The standard InChI is InChI=1S/C16H15ClN2O2S/c17-11-4-1-5-12(10-11)18-15(20)13-6-2-8-19(13)16(21)14-7-3-9-22-14/h1,3-5,7,9-10,13H,2,6,8H2,(H,18,20)/t13-/m1/s1. The van der Waals surface area contributed by atoms with E-state index >= 15 is 0 Å². The van der Waals surface area contributed by atoms with Gasteiger partial charge in [-0.15, -0.1) is 11.3 Å². The second kappa shape index (κ2) is 6.50. The topological polar surface area (TPSA) is 49.4 Å². The number of hydrogen-bond donors (Lipinski definition) is 1. The molecule has 1 aliphatic rings. The summed E-state index contributed by atoms with van der Waals surface area (Å²) in [5, 5.41) is 5.27. The van der Waals surface area contributed by atoms with Crippen LogP contribution in [0.25, 0.3) is 0 Å². The first-order valence-corrected chi connectivity index (χ1v) is 8.32. The summed E-state index contributed by atoms with van der Waals surface area (Å²) in [6.45, 7) is 0.615. The van der Waals surface area contributed by atoms with Gasteiger partial charge in [-0.05, 0) is 42.5 Å². The van der Waals surface area contributed by atoms with Crippen LogP contribution in [-0.2, 0) is 4.79 Å². The highest BCUT2D eigenvalue weighted by Crippen LogP contribution is 2.24. The van der Waals surface area contributed by atoms with Gasteiger partial charge in [-0.3, -0.25) is 9.59 Å². The molecule has 1 aromatic heterocycles. The molecule has 0 unspecified atom stereocenters. The lowest BCUT2D eigenvalue weighted by Crippen LogP contribution is -2.42. The van der Waals surface area contributed by atoms with Crippen molar-refractivity contribution in [3.05, 3.63) is 51.7 Å². The molecular weight excluding hydrogens is 320 g/mol. The van der Waals surface area contributed by atoms with E-state index in [4.69, 9.17) is 11.6 Å². The number of thiophene rings is 1. The van der Waals surface area contributed by atoms with Crippen molar-refractivity contribution < 1.29 is 9.59 Å². The Labute approximate surface area is 137 Å². The normalized spacial score (nSPS) is 17.5. The summed E-state index contributed by atoms with van der Waals surface area (Å²) in [5.74, 6) is -0.233. The van der Waals surface area contributed by atoms with Gasteiger partial charge in [-0.1, -0.05) is 23.7 Å². The highest BCUT2D eigenvalue weighted by atomic mass is 35.5. The molecule has 1 fully saturated rings. The van der Waals surface area contributed by atoms with E-state index in [2.05, 4.69) is 5.32 Å². The van der Waals surface area contributed by atoms with Gasteiger partial charge in [0.25, 0.3) is 5.91 Å². The summed E-state index contributed by atoms with van der Waals surface area (Å²) in [7, 11) is 0. The highest BCUT2D eigenvalue weighted by Gasteiger charge is 2.34. The van der Waals surface area contributed by atoms with E-state index in [1.54, 1.807) is 35.2 Å². The Morgan fingerprint density at radius 1 is 1.27 bits per heavy atom. The third kappa shape index (κ3) is 3.15. The molecule has 0 radical (unpaired) electrons. The van der Waals surface area contributed by atoms with E-state index in [1.165, 1.54) is 11.3 Å². The summed E-state index contributed by atoms with van der Waals surface area (Å²) < 4.78 is 0. The fourth-order valence-electron chi connectivity index (χ4n) is 2.62. The van der Waals surface area contributed by atoms with Gasteiger partial charge in [0.2, 0.25) is 5.91 Å². The van der Waals surface area contributed by atoms with Crippen LogP contribution >= 0.6 is 22.9 Å². The zero-order valence-electron chi connectivity index (χ0n) is 11.8. The summed E-state index contributed by atoms with van der Waals surface area (Å²) in [6, 6.07) is 10.2. The molecule has 2 aromatic rings. The molecule has 22 heavy (non-hydrogen) atoms. The van der Waals surface area contributed by atoms with Crippen LogP contribution in [0.2, 0.25) is 5.02 Å². The first-order chi connectivity index (χ1) is 10.6. The largest absolute Gasteiger partial charge is 0.326 e. The molecule has 1 aromatic carbocycles. The van der Waals surface area contributed by atoms with Crippen molar-refractivity contribution in [2.24, 2.45) is 0 Å². The quantitative estimate of drug-likeness (QED) is 0.931. The monoisotopic (exact) mass is 334 g/mol. The molecule has 0 saturated carbocycles. The summed E-state index contributed by atoms with van der Waals surface area (Å²) in [5.41, 5.74) is 0.646. The lowest BCUT2D eigenvalue weighted by molar-refractivity contribution is -0.119. The molecular formula is C16H15ClN2O2S. The molecule has 1 atom stereocenters. The van der Waals surface area contributed by atoms with Crippen LogP contribution in [0.5, 0.6) is 0 Å². The van der Waals surface area contributed by atoms with Crippen LogP contribution in [-0.4, -0.2) is 29.3 Å². The number of amides is 2. The fourth-order valence-corrected chi connectivity index (χ4v) is 3.49. The van der Waals surface area contributed by atoms with E-state index in [0.717, 1.165) is 6.42 Å². The van der Waals surface area contributed by atoms with E-state index in [0.29, 0.717) is 28.6 Å². The van der Waals surface area contributed by atoms with Crippen molar-refractivity contribution in [2.75, 3.05) is 11.9 Å². The van der Waals surface area contributed by atoms with Gasteiger partial charge >= 0.3 is 0 Å². The van der Waals surface area contributed by atoms with Crippen molar-refractivity contribution >= 4 is 40.4 Å². The molecule has 0 spiro atoms. The zero-order chi connectivity index (χ0) is 15.5. The molecule has 0 bridgehead atoms. The average molecular weight is 335 g/mol. The summed E-state index contributed by atoms with van der Waals surface area (Å²) >= 11 is 7.32. The van der Waals surface area contributed by atoms with Crippen LogP contribution in [0.3, 0.4) is 0 Å². The zero-order valence-corrected chi connectivity index (χ0v) is 13.4. The number of anilines is 1. The van der Waals surface area contributed by atoms with Gasteiger partial charge < -0.3 is 10.2 Å². The second-order valence-electron chi connectivity index (χ2n) is 5.13. The SMILES string of the molecule is O=C(Nc1cccc(Cl)c1)[C@H]1CCCN1C(=O)c1cccs1. The van der Waals surface area contributed by atoms with Gasteiger partial charge in [0.05, 0.1) is 4.88 Å². The first kappa shape index (κ1) is 15.1. The van der Waals surface area contributed by atoms with Gasteiger partial charge in [-0.25, -0.2) is 0 Å². The van der Waals surface area contributed by atoms with Gasteiger partial charge in [0, 0.05) is 17.3 Å². The average Bonchev–Trinajstić information content (AvgIpc) is 3.18. The smallest absolute Gasteiger partial charge is 0.264 e. The Kier molecular flexibility index (Phi) is 4.45. The predicted molar refractivity (Wildman–Crippen MR) is 88.5 cm³/mol. The molecule has 1 aliphatic heterocycles. The number of likely N-dealkylation sites (tertiary alicyclic amines) is 1.